The van der Waals surface area contributed by atoms with Crippen LogP contribution in [-0.4, -0.2) is 17.1 Å². The van der Waals surface area contributed by atoms with Crippen LogP contribution in [0.4, 0.5) is 11.4 Å². The Balaban J connectivity index is 1.78. The lowest BCUT2D eigenvalue weighted by molar-refractivity contribution is 0.709. The Morgan fingerprint density at radius 1 is 0.862 bits per heavy atom. The molecule has 4 rings (SSSR count). The van der Waals surface area contributed by atoms with E-state index in [1.807, 2.05) is 30.3 Å². The molecule has 0 saturated carbocycles. The molecule has 29 heavy (non-hydrogen) atoms. The first-order valence-corrected chi connectivity index (χ1v) is 10.1. The summed E-state index contributed by atoms with van der Waals surface area (Å²) in [6.07, 6.45) is 0. The SMILES string of the molecule is N=C(N)NCCn1c2ccc(Cl)cc2c2ccc(Nc3ccc(Cl)c(Cl)c3)cc21. The van der Waals surface area contributed by atoms with Crippen LogP contribution in [0, 0.1) is 5.41 Å². The van der Waals surface area contributed by atoms with Crippen molar-refractivity contribution in [2.75, 3.05) is 11.9 Å². The van der Waals surface area contributed by atoms with Crippen molar-refractivity contribution in [1.29, 1.82) is 5.41 Å². The van der Waals surface area contributed by atoms with Crippen LogP contribution in [0.3, 0.4) is 0 Å². The zero-order chi connectivity index (χ0) is 20.5. The Labute approximate surface area is 182 Å². The summed E-state index contributed by atoms with van der Waals surface area (Å²) in [6, 6.07) is 17.5. The number of rotatable bonds is 5. The van der Waals surface area contributed by atoms with Crippen LogP contribution >= 0.6 is 34.8 Å². The van der Waals surface area contributed by atoms with E-state index in [1.165, 1.54) is 0 Å². The highest BCUT2D eigenvalue weighted by Crippen LogP contribution is 2.34. The monoisotopic (exact) mass is 445 g/mol. The molecular weight excluding hydrogens is 429 g/mol. The van der Waals surface area contributed by atoms with Gasteiger partial charge in [-0.3, -0.25) is 5.41 Å². The molecule has 3 aromatic carbocycles. The van der Waals surface area contributed by atoms with E-state index in [0.29, 0.717) is 28.2 Å². The van der Waals surface area contributed by atoms with Gasteiger partial charge in [-0.05, 0) is 48.5 Å². The molecule has 0 spiro atoms. The van der Waals surface area contributed by atoms with E-state index in [2.05, 4.69) is 27.3 Å². The van der Waals surface area contributed by atoms with Crippen LogP contribution < -0.4 is 16.4 Å². The Morgan fingerprint density at radius 3 is 2.38 bits per heavy atom. The summed E-state index contributed by atoms with van der Waals surface area (Å²) >= 11 is 18.4. The molecular formula is C21H18Cl3N5. The van der Waals surface area contributed by atoms with Gasteiger partial charge in [0.1, 0.15) is 0 Å². The topological polar surface area (TPSA) is 78.9 Å². The van der Waals surface area contributed by atoms with Gasteiger partial charge >= 0.3 is 0 Å². The number of guanidine groups is 1. The van der Waals surface area contributed by atoms with Gasteiger partial charge < -0.3 is 20.9 Å². The van der Waals surface area contributed by atoms with Gasteiger partial charge in [-0.15, -0.1) is 0 Å². The maximum absolute atomic E-state index is 7.38. The zero-order valence-corrected chi connectivity index (χ0v) is 17.5. The predicted molar refractivity (Wildman–Crippen MR) is 124 cm³/mol. The van der Waals surface area contributed by atoms with Gasteiger partial charge in [-0.25, -0.2) is 0 Å². The smallest absolute Gasteiger partial charge is 0.185 e. The van der Waals surface area contributed by atoms with Crippen LogP contribution in [0.25, 0.3) is 21.8 Å². The van der Waals surface area contributed by atoms with Gasteiger partial charge in [-0.1, -0.05) is 40.9 Å². The minimum atomic E-state index is -0.0456. The number of fused-ring (bicyclic) bond motifs is 3. The molecule has 4 aromatic rings. The predicted octanol–water partition coefficient (Wildman–Crippen LogP) is 5.98. The van der Waals surface area contributed by atoms with Gasteiger partial charge in [-0.2, -0.15) is 0 Å². The summed E-state index contributed by atoms with van der Waals surface area (Å²) in [7, 11) is 0. The molecule has 0 bridgehead atoms. The van der Waals surface area contributed by atoms with Gasteiger partial charge in [0, 0.05) is 45.8 Å². The number of benzene rings is 3. The van der Waals surface area contributed by atoms with Crippen molar-refractivity contribution in [2.45, 2.75) is 6.54 Å². The van der Waals surface area contributed by atoms with Crippen molar-refractivity contribution < 1.29 is 0 Å². The molecule has 0 atom stereocenters. The first-order valence-electron chi connectivity index (χ1n) is 8.94. The number of hydrogen-bond donors (Lipinski definition) is 4. The van der Waals surface area contributed by atoms with Crippen molar-refractivity contribution in [3.05, 3.63) is 69.7 Å². The highest BCUT2D eigenvalue weighted by Gasteiger charge is 2.12. The summed E-state index contributed by atoms with van der Waals surface area (Å²) < 4.78 is 2.19. The molecule has 8 heteroatoms. The number of nitrogens with one attached hydrogen (secondary N) is 3. The Hall–Kier alpha value is -2.60. The second-order valence-electron chi connectivity index (χ2n) is 6.64. The summed E-state index contributed by atoms with van der Waals surface area (Å²) in [5.74, 6) is -0.0456. The van der Waals surface area contributed by atoms with E-state index >= 15 is 0 Å². The molecule has 0 amide bonds. The molecule has 5 N–H and O–H groups in total. The van der Waals surface area contributed by atoms with Crippen LogP contribution in [0.5, 0.6) is 0 Å². The van der Waals surface area contributed by atoms with Crippen LogP contribution in [0.15, 0.2) is 54.6 Å². The first-order chi connectivity index (χ1) is 13.9. The molecule has 0 unspecified atom stereocenters. The zero-order valence-electron chi connectivity index (χ0n) is 15.3. The largest absolute Gasteiger partial charge is 0.370 e. The Morgan fingerprint density at radius 2 is 1.62 bits per heavy atom. The van der Waals surface area contributed by atoms with Gasteiger partial charge in [0.05, 0.1) is 15.6 Å². The highest BCUT2D eigenvalue weighted by atomic mass is 35.5. The van der Waals surface area contributed by atoms with Crippen molar-refractivity contribution in [3.63, 3.8) is 0 Å². The quantitative estimate of drug-likeness (QED) is 0.225. The minimum absolute atomic E-state index is 0.0456. The van der Waals surface area contributed by atoms with E-state index in [1.54, 1.807) is 12.1 Å². The molecule has 0 aliphatic rings. The lowest BCUT2D eigenvalue weighted by atomic mass is 10.1. The molecule has 148 valence electrons. The second kappa shape index (κ2) is 8.03. The molecule has 5 nitrogen and oxygen atoms in total. The average Bonchev–Trinajstić information content (AvgIpc) is 2.97. The molecule has 0 aliphatic heterocycles. The first kappa shape index (κ1) is 19.7. The third-order valence-corrected chi connectivity index (χ3v) is 5.66. The molecule has 1 heterocycles. The number of hydrogen-bond acceptors (Lipinski definition) is 2. The van der Waals surface area contributed by atoms with Crippen molar-refractivity contribution in [1.82, 2.24) is 9.88 Å². The standard InChI is InChI=1S/C21H18Cl3N5/c22-12-1-6-19-16(9-12)15-4-2-14(28-13-3-5-17(23)18(24)10-13)11-20(15)29(19)8-7-27-21(25)26/h1-6,9-11,28H,7-8H2,(H4,25,26,27). The number of nitrogens with two attached hydrogens (primary N) is 1. The fraction of sp³-hybridized carbons (Fsp3) is 0.0952. The molecule has 0 saturated heterocycles. The maximum atomic E-state index is 7.38. The Bertz CT molecular complexity index is 1230. The van der Waals surface area contributed by atoms with Crippen LogP contribution in [-0.2, 0) is 6.54 Å². The number of aromatic nitrogens is 1. The fourth-order valence-electron chi connectivity index (χ4n) is 3.43. The Kier molecular flexibility index (Phi) is 5.46. The average molecular weight is 447 g/mol. The molecule has 0 fully saturated rings. The summed E-state index contributed by atoms with van der Waals surface area (Å²) in [5.41, 5.74) is 9.32. The lowest BCUT2D eigenvalue weighted by Gasteiger charge is -2.11. The summed E-state index contributed by atoms with van der Waals surface area (Å²) in [6.45, 7) is 1.19. The van der Waals surface area contributed by atoms with E-state index in [0.717, 1.165) is 33.2 Å². The minimum Gasteiger partial charge on any atom is -0.370 e. The van der Waals surface area contributed by atoms with Crippen LogP contribution in [0.1, 0.15) is 0 Å². The normalized spacial score (nSPS) is 11.1. The fourth-order valence-corrected chi connectivity index (χ4v) is 3.90. The van der Waals surface area contributed by atoms with Crippen LogP contribution in [0.2, 0.25) is 15.1 Å². The second-order valence-corrected chi connectivity index (χ2v) is 7.89. The number of anilines is 2. The van der Waals surface area contributed by atoms with Crippen molar-refractivity contribution in [3.8, 4) is 0 Å². The van der Waals surface area contributed by atoms with Gasteiger partial charge in [0.2, 0.25) is 0 Å². The van der Waals surface area contributed by atoms with Crippen molar-refractivity contribution >= 4 is 73.9 Å². The van der Waals surface area contributed by atoms with E-state index in [9.17, 15) is 0 Å². The van der Waals surface area contributed by atoms with Crippen molar-refractivity contribution in [2.24, 2.45) is 5.73 Å². The third kappa shape index (κ3) is 4.08. The molecule has 0 aliphatic carbocycles. The van der Waals surface area contributed by atoms with E-state index in [-0.39, 0.29) is 5.96 Å². The lowest BCUT2D eigenvalue weighted by Crippen LogP contribution is -2.32. The number of halogens is 3. The summed E-state index contributed by atoms with van der Waals surface area (Å²) in [5, 5.41) is 17.5. The van der Waals surface area contributed by atoms with E-state index < -0.39 is 0 Å². The molecule has 0 radical (unpaired) electrons. The maximum Gasteiger partial charge on any atom is 0.185 e. The van der Waals surface area contributed by atoms with Gasteiger partial charge in [0.15, 0.2) is 5.96 Å². The third-order valence-electron chi connectivity index (χ3n) is 4.69. The summed E-state index contributed by atoms with van der Waals surface area (Å²) in [4.78, 5) is 0. The highest BCUT2D eigenvalue weighted by molar-refractivity contribution is 6.42. The number of nitrogens with zero attached hydrogens (tertiary/aromatic N) is 1. The van der Waals surface area contributed by atoms with E-state index in [4.69, 9.17) is 45.9 Å². The van der Waals surface area contributed by atoms with Gasteiger partial charge in [0.25, 0.3) is 0 Å². The molecule has 1 aromatic heterocycles.